The molecule has 0 spiro atoms. The van der Waals surface area contributed by atoms with Gasteiger partial charge in [0.1, 0.15) is 0 Å². The van der Waals surface area contributed by atoms with Crippen molar-refractivity contribution in [3.63, 3.8) is 0 Å². The van der Waals surface area contributed by atoms with Crippen LogP contribution in [0.3, 0.4) is 0 Å². The van der Waals surface area contributed by atoms with Gasteiger partial charge in [-0.2, -0.15) is 0 Å². The normalized spacial score (nSPS) is 19.2. The van der Waals surface area contributed by atoms with Gasteiger partial charge in [0.2, 0.25) is 5.91 Å². The summed E-state index contributed by atoms with van der Waals surface area (Å²) in [6.07, 6.45) is 2.11. The molecule has 5 heteroatoms. The molecule has 0 aromatic heterocycles. The molecule has 16 heavy (non-hydrogen) atoms. The average Bonchev–Trinajstić information content (AvgIpc) is 2.99. The summed E-state index contributed by atoms with van der Waals surface area (Å²) in [5.41, 5.74) is 0.0540. The first-order chi connectivity index (χ1) is 7.62. The van der Waals surface area contributed by atoms with Crippen molar-refractivity contribution >= 4 is 5.91 Å². The van der Waals surface area contributed by atoms with Crippen molar-refractivity contribution in [2.75, 3.05) is 33.4 Å². The van der Waals surface area contributed by atoms with Crippen molar-refractivity contribution in [3.8, 4) is 0 Å². The number of ether oxygens (including phenoxy) is 1. The van der Waals surface area contributed by atoms with Gasteiger partial charge < -0.3 is 20.5 Å². The topological polar surface area (TPSA) is 70.6 Å². The van der Waals surface area contributed by atoms with Gasteiger partial charge in [-0.3, -0.25) is 4.79 Å². The van der Waals surface area contributed by atoms with Crippen LogP contribution in [0, 0.1) is 5.41 Å². The van der Waals surface area contributed by atoms with E-state index in [9.17, 15) is 4.79 Å². The molecule has 3 N–H and O–H groups in total. The van der Waals surface area contributed by atoms with Gasteiger partial charge >= 0.3 is 0 Å². The lowest BCUT2D eigenvalue weighted by Crippen LogP contribution is -2.42. The molecule has 1 aliphatic rings. The monoisotopic (exact) mass is 230 g/mol. The quantitative estimate of drug-likeness (QED) is 0.526. The van der Waals surface area contributed by atoms with E-state index in [2.05, 4.69) is 10.6 Å². The van der Waals surface area contributed by atoms with Crippen LogP contribution < -0.4 is 10.6 Å². The minimum Gasteiger partial charge on any atom is -0.396 e. The molecule has 1 fully saturated rings. The molecule has 0 aromatic rings. The molecule has 0 aliphatic heterocycles. The van der Waals surface area contributed by atoms with Crippen LogP contribution in [0.15, 0.2) is 0 Å². The summed E-state index contributed by atoms with van der Waals surface area (Å²) in [5, 5.41) is 15.0. The lowest BCUT2D eigenvalue weighted by molar-refractivity contribution is -0.121. The summed E-state index contributed by atoms with van der Waals surface area (Å²) in [6, 6.07) is 0.0343. The molecule has 1 unspecified atom stereocenters. The van der Waals surface area contributed by atoms with Gasteiger partial charge in [-0.05, 0) is 19.8 Å². The lowest BCUT2D eigenvalue weighted by Gasteiger charge is -2.15. The van der Waals surface area contributed by atoms with Crippen molar-refractivity contribution in [2.45, 2.75) is 25.8 Å². The fraction of sp³-hybridized carbons (Fsp3) is 0.909. The minimum atomic E-state index is -0.0294. The fourth-order valence-corrected chi connectivity index (χ4v) is 1.63. The van der Waals surface area contributed by atoms with E-state index in [1.54, 1.807) is 7.11 Å². The number of carbonyl (C=O) groups is 1. The molecule has 1 aliphatic carbocycles. The molecule has 1 saturated carbocycles. The largest absolute Gasteiger partial charge is 0.396 e. The maximum atomic E-state index is 11.4. The maximum absolute atomic E-state index is 11.4. The molecule has 1 rings (SSSR count). The predicted octanol–water partition coefficient (Wildman–Crippen LogP) is -0.500. The molecule has 94 valence electrons. The Hall–Kier alpha value is -0.650. The Morgan fingerprint density at radius 3 is 2.75 bits per heavy atom. The van der Waals surface area contributed by atoms with Gasteiger partial charge in [-0.15, -0.1) is 0 Å². The number of rotatable bonds is 8. The van der Waals surface area contributed by atoms with E-state index in [-0.39, 0.29) is 24.0 Å². The first-order valence-electron chi connectivity index (χ1n) is 5.72. The molecule has 0 heterocycles. The third-order valence-electron chi connectivity index (χ3n) is 2.90. The Kier molecular flexibility index (Phi) is 5.18. The summed E-state index contributed by atoms with van der Waals surface area (Å²) in [5.74, 6) is -0.0294. The average molecular weight is 230 g/mol. The second kappa shape index (κ2) is 6.18. The zero-order valence-electron chi connectivity index (χ0n) is 10.1. The molecule has 1 atom stereocenters. The predicted molar refractivity (Wildman–Crippen MR) is 61.1 cm³/mol. The first kappa shape index (κ1) is 13.4. The van der Waals surface area contributed by atoms with E-state index in [0.29, 0.717) is 13.2 Å². The Morgan fingerprint density at radius 2 is 2.25 bits per heavy atom. The standard InChI is InChI=1S/C11H22N2O3/c1-9(6-16-2)13-10(15)5-12-7-11(8-14)3-4-11/h9,12,14H,3-8H2,1-2H3,(H,13,15). The van der Waals surface area contributed by atoms with Gasteiger partial charge in [0.25, 0.3) is 0 Å². The van der Waals surface area contributed by atoms with Crippen LogP contribution in [0.5, 0.6) is 0 Å². The summed E-state index contributed by atoms with van der Waals surface area (Å²) in [4.78, 5) is 11.4. The van der Waals surface area contributed by atoms with Crippen LogP contribution in [0.2, 0.25) is 0 Å². The molecule has 5 nitrogen and oxygen atoms in total. The van der Waals surface area contributed by atoms with Gasteiger partial charge in [0.15, 0.2) is 0 Å². The van der Waals surface area contributed by atoms with Crippen LogP contribution >= 0.6 is 0 Å². The van der Waals surface area contributed by atoms with Crippen molar-refractivity contribution in [1.29, 1.82) is 0 Å². The van der Waals surface area contributed by atoms with Crippen LogP contribution in [-0.4, -0.2) is 50.5 Å². The van der Waals surface area contributed by atoms with Crippen LogP contribution in [0.4, 0.5) is 0 Å². The summed E-state index contributed by atoms with van der Waals surface area (Å²) in [6.45, 7) is 3.65. The Morgan fingerprint density at radius 1 is 1.56 bits per heavy atom. The number of nitrogens with one attached hydrogen (secondary N) is 2. The van der Waals surface area contributed by atoms with Gasteiger partial charge in [0, 0.05) is 31.7 Å². The van der Waals surface area contributed by atoms with Gasteiger partial charge in [0.05, 0.1) is 13.2 Å². The molecule has 0 aromatic carbocycles. The number of hydrogen-bond acceptors (Lipinski definition) is 4. The number of methoxy groups -OCH3 is 1. The van der Waals surface area contributed by atoms with E-state index >= 15 is 0 Å². The molecule has 0 saturated heterocycles. The van der Waals surface area contributed by atoms with E-state index in [0.717, 1.165) is 19.4 Å². The Bertz CT molecular complexity index is 229. The van der Waals surface area contributed by atoms with Crippen molar-refractivity contribution < 1.29 is 14.6 Å². The maximum Gasteiger partial charge on any atom is 0.234 e. The fourth-order valence-electron chi connectivity index (χ4n) is 1.63. The minimum absolute atomic E-state index is 0.0294. The lowest BCUT2D eigenvalue weighted by atomic mass is 10.1. The van der Waals surface area contributed by atoms with Crippen LogP contribution in [0.1, 0.15) is 19.8 Å². The molecule has 0 radical (unpaired) electrons. The van der Waals surface area contributed by atoms with Crippen molar-refractivity contribution in [1.82, 2.24) is 10.6 Å². The second-order valence-corrected chi connectivity index (χ2v) is 4.69. The number of hydrogen-bond donors (Lipinski definition) is 3. The third kappa shape index (κ3) is 4.47. The van der Waals surface area contributed by atoms with Crippen LogP contribution in [0.25, 0.3) is 0 Å². The summed E-state index contributed by atoms with van der Waals surface area (Å²) < 4.78 is 4.92. The molecular weight excluding hydrogens is 208 g/mol. The number of amides is 1. The van der Waals surface area contributed by atoms with E-state index in [4.69, 9.17) is 9.84 Å². The Labute approximate surface area is 96.6 Å². The van der Waals surface area contributed by atoms with Gasteiger partial charge in [-0.1, -0.05) is 0 Å². The smallest absolute Gasteiger partial charge is 0.234 e. The van der Waals surface area contributed by atoms with E-state index < -0.39 is 0 Å². The van der Waals surface area contributed by atoms with Crippen LogP contribution in [-0.2, 0) is 9.53 Å². The third-order valence-corrected chi connectivity index (χ3v) is 2.90. The highest BCUT2D eigenvalue weighted by Gasteiger charge is 2.41. The second-order valence-electron chi connectivity index (χ2n) is 4.69. The first-order valence-corrected chi connectivity index (χ1v) is 5.72. The number of aliphatic hydroxyl groups is 1. The number of aliphatic hydroxyl groups excluding tert-OH is 1. The molecular formula is C11H22N2O3. The number of carbonyl (C=O) groups excluding carboxylic acids is 1. The van der Waals surface area contributed by atoms with Crippen molar-refractivity contribution in [2.24, 2.45) is 5.41 Å². The van der Waals surface area contributed by atoms with Crippen molar-refractivity contribution in [3.05, 3.63) is 0 Å². The van der Waals surface area contributed by atoms with Gasteiger partial charge in [-0.25, -0.2) is 0 Å². The highest BCUT2D eigenvalue weighted by Crippen LogP contribution is 2.44. The SMILES string of the molecule is COCC(C)NC(=O)CNCC1(CO)CC1. The summed E-state index contributed by atoms with van der Waals surface area (Å²) in [7, 11) is 1.61. The summed E-state index contributed by atoms with van der Waals surface area (Å²) >= 11 is 0. The highest BCUT2D eigenvalue weighted by atomic mass is 16.5. The molecule has 0 bridgehead atoms. The van der Waals surface area contributed by atoms with E-state index in [1.807, 2.05) is 6.92 Å². The molecule has 1 amide bonds. The zero-order valence-corrected chi connectivity index (χ0v) is 10.1. The van der Waals surface area contributed by atoms with E-state index in [1.165, 1.54) is 0 Å². The zero-order chi connectivity index (χ0) is 12.0. The highest BCUT2D eigenvalue weighted by molar-refractivity contribution is 5.78. The Balaban J connectivity index is 2.06.